The molecule has 8 nitrogen and oxygen atoms in total. The number of nitrogens with one attached hydrogen (secondary N) is 2. The lowest BCUT2D eigenvalue weighted by Crippen LogP contribution is -2.25. The van der Waals surface area contributed by atoms with Crippen molar-refractivity contribution in [3.05, 3.63) is 59.3 Å². The Balaban J connectivity index is 1.82. The standard InChI is InChI=1S/C21H21N3O5S/c1-3-28-21(25)19-13(2)22-16-6-4-5-7-17(16)23-20(19)24-30(26,27)15-8-9-18-14(12-15)10-11-29-18/h4-9,12,22H,3,10-11H2,1-2H3,(H,23,24). The van der Waals surface area contributed by atoms with E-state index in [2.05, 4.69) is 15.0 Å². The number of allylic oxidation sites excluding steroid dienone is 1. The van der Waals surface area contributed by atoms with Crippen molar-refractivity contribution in [2.75, 3.05) is 23.8 Å². The first-order chi connectivity index (χ1) is 14.4. The molecule has 2 N–H and O–H groups in total. The Bertz CT molecular complexity index is 1180. The summed E-state index contributed by atoms with van der Waals surface area (Å²) in [5, 5.41) is 6.11. The molecule has 9 heteroatoms. The second-order valence-electron chi connectivity index (χ2n) is 6.80. The number of para-hydroxylation sites is 2. The van der Waals surface area contributed by atoms with Crippen molar-refractivity contribution in [1.29, 1.82) is 0 Å². The number of esters is 1. The zero-order chi connectivity index (χ0) is 21.3. The fourth-order valence-corrected chi connectivity index (χ4v) is 4.36. The Hall–Kier alpha value is -3.33. The number of ether oxygens (including phenoxy) is 2. The molecule has 0 radical (unpaired) electrons. The van der Waals surface area contributed by atoms with Crippen LogP contribution in [0.15, 0.2) is 63.0 Å². The molecule has 0 saturated carbocycles. The van der Waals surface area contributed by atoms with E-state index >= 15 is 0 Å². The minimum absolute atomic E-state index is 0.0288. The molecule has 2 aromatic rings. The summed E-state index contributed by atoms with van der Waals surface area (Å²) in [6.07, 6.45) is 0.637. The van der Waals surface area contributed by atoms with E-state index in [1.54, 1.807) is 38.1 Å². The lowest BCUT2D eigenvalue weighted by Gasteiger charge is -2.12. The number of rotatable bonds is 4. The molecule has 2 heterocycles. The Labute approximate surface area is 174 Å². The molecule has 0 amide bonds. The molecule has 0 spiro atoms. The SMILES string of the molecule is CCOC(=O)C1=C(C)Nc2ccccc2N/C1=N/S(=O)(=O)c1ccc2c(c1)CCO2. The number of nitrogens with zero attached hydrogens (tertiary/aromatic N) is 1. The molecule has 0 fully saturated rings. The summed E-state index contributed by atoms with van der Waals surface area (Å²) < 4.78 is 40.8. The largest absolute Gasteiger partial charge is 0.493 e. The average molecular weight is 427 g/mol. The van der Waals surface area contributed by atoms with Crippen LogP contribution >= 0.6 is 0 Å². The highest BCUT2D eigenvalue weighted by Gasteiger charge is 2.28. The summed E-state index contributed by atoms with van der Waals surface area (Å²) in [4.78, 5) is 12.7. The van der Waals surface area contributed by atoms with E-state index in [1.807, 2.05) is 12.1 Å². The van der Waals surface area contributed by atoms with Crippen LogP contribution in [0.25, 0.3) is 0 Å². The number of hydrogen-bond acceptors (Lipinski definition) is 6. The third kappa shape index (κ3) is 3.76. The van der Waals surface area contributed by atoms with Crippen molar-refractivity contribution in [1.82, 2.24) is 0 Å². The molecular formula is C21H21N3O5S. The fourth-order valence-electron chi connectivity index (χ4n) is 3.35. The van der Waals surface area contributed by atoms with Crippen molar-refractivity contribution in [3.63, 3.8) is 0 Å². The van der Waals surface area contributed by atoms with Crippen LogP contribution in [0.3, 0.4) is 0 Å². The number of sulfonamides is 1. The third-order valence-corrected chi connectivity index (χ3v) is 6.04. The molecule has 0 saturated heterocycles. The highest BCUT2D eigenvalue weighted by Crippen LogP contribution is 2.31. The van der Waals surface area contributed by atoms with E-state index in [0.29, 0.717) is 35.8 Å². The normalized spacial score (nSPS) is 16.7. The van der Waals surface area contributed by atoms with Gasteiger partial charge in [0.1, 0.15) is 11.3 Å². The van der Waals surface area contributed by atoms with Gasteiger partial charge in [-0.25, -0.2) is 4.79 Å². The summed E-state index contributed by atoms with van der Waals surface area (Å²) in [7, 11) is -4.10. The van der Waals surface area contributed by atoms with Gasteiger partial charge in [-0.2, -0.15) is 8.42 Å². The van der Waals surface area contributed by atoms with Gasteiger partial charge in [-0.1, -0.05) is 12.1 Å². The van der Waals surface area contributed by atoms with Crippen LogP contribution in [-0.2, 0) is 26.0 Å². The predicted octanol–water partition coefficient (Wildman–Crippen LogP) is 3.08. The van der Waals surface area contributed by atoms with Gasteiger partial charge in [0.15, 0.2) is 5.84 Å². The molecule has 2 aliphatic heterocycles. The van der Waals surface area contributed by atoms with Crippen LogP contribution in [-0.4, -0.2) is 33.4 Å². The van der Waals surface area contributed by atoms with E-state index < -0.39 is 16.0 Å². The van der Waals surface area contributed by atoms with Gasteiger partial charge in [0.05, 0.1) is 29.5 Å². The van der Waals surface area contributed by atoms with Gasteiger partial charge in [-0.3, -0.25) is 0 Å². The first-order valence-electron chi connectivity index (χ1n) is 9.51. The zero-order valence-corrected chi connectivity index (χ0v) is 17.4. The number of amidine groups is 1. The summed E-state index contributed by atoms with van der Waals surface area (Å²) in [6.45, 7) is 4.02. The Morgan fingerprint density at radius 1 is 1.17 bits per heavy atom. The topological polar surface area (TPSA) is 106 Å². The van der Waals surface area contributed by atoms with Gasteiger partial charge < -0.3 is 20.1 Å². The summed E-state index contributed by atoms with van der Waals surface area (Å²) in [5.74, 6) is -0.0884. The molecule has 2 aromatic carbocycles. The Morgan fingerprint density at radius 2 is 1.90 bits per heavy atom. The van der Waals surface area contributed by atoms with Gasteiger partial charge in [0.2, 0.25) is 0 Å². The molecule has 30 heavy (non-hydrogen) atoms. The summed E-state index contributed by atoms with van der Waals surface area (Å²) in [6, 6.07) is 11.8. The van der Waals surface area contributed by atoms with Gasteiger partial charge in [0, 0.05) is 12.1 Å². The smallest absolute Gasteiger partial charge is 0.343 e. The lowest BCUT2D eigenvalue weighted by atomic mass is 10.2. The second-order valence-corrected chi connectivity index (χ2v) is 8.40. The quantitative estimate of drug-likeness (QED) is 0.722. The van der Waals surface area contributed by atoms with E-state index in [1.165, 1.54) is 6.07 Å². The van der Waals surface area contributed by atoms with Crippen LogP contribution in [0, 0.1) is 0 Å². The fraction of sp³-hybridized carbons (Fsp3) is 0.238. The number of carbonyl (C=O) groups excluding carboxylic acids is 1. The molecule has 0 bridgehead atoms. The number of carbonyl (C=O) groups is 1. The zero-order valence-electron chi connectivity index (χ0n) is 16.6. The molecule has 0 unspecified atom stereocenters. The summed E-state index contributed by atoms with van der Waals surface area (Å²) in [5.41, 5.74) is 2.55. The van der Waals surface area contributed by atoms with Gasteiger partial charge in [-0.05, 0) is 49.7 Å². The lowest BCUT2D eigenvalue weighted by molar-refractivity contribution is -0.137. The molecule has 0 aromatic heterocycles. The molecule has 0 aliphatic carbocycles. The number of hydrogen-bond donors (Lipinski definition) is 2. The summed E-state index contributed by atoms with van der Waals surface area (Å²) >= 11 is 0. The van der Waals surface area contributed by atoms with Gasteiger partial charge in [-0.15, -0.1) is 4.40 Å². The number of fused-ring (bicyclic) bond motifs is 2. The van der Waals surface area contributed by atoms with Crippen LogP contribution in [0.5, 0.6) is 5.75 Å². The highest BCUT2D eigenvalue weighted by atomic mass is 32.2. The first kappa shape index (κ1) is 20.0. The maximum Gasteiger partial charge on any atom is 0.343 e. The minimum atomic E-state index is -4.10. The first-order valence-corrected chi connectivity index (χ1v) is 10.9. The molecule has 4 rings (SSSR count). The average Bonchev–Trinajstić information content (AvgIpc) is 3.12. The van der Waals surface area contributed by atoms with Crippen LogP contribution in [0.4, 0.5) is 11.4 Å². The van der Waals surface area contributed by atoms with Crippen molar-refractivity contribution in [2.45, 2.75) is 25.2 Å². The number of benzene rings is 2. The Morgan fingerprint density at radius 3 is 2.63 bits per heavy atom. The monoisotopic (exact) mass is 427 g/mol. The van der Waals surface area contributed by atoms with Crippen molar-refractivity contribution in [3.8, 4) is 5.75 Å². The van der Waals surface area contributed by atoms with Crippen molar-refractivity contribution < 1.29 is 22.7 Å². The molecule has 0 atom stereocenters. The van der Waals surface area contributed by atoms with Crippen LogP contribution in [0.1, 0.15) is 19.4 Å². The predicted molar refractivity (Wildman–Crippen MR) is 113 cm³/mol. The van der Waals surface area contributed by atoms with Gasteiger partial charge in [0.25, 0.3) is 10.0 Å². The van der Waals surface area contributed by atoms with Crippen LogP contribution in [0.2, 0.25) is 0 Å². The minimum Gasteiger partial charge on any atom is -0.493 e. The maximum atomic E-state index is 13.1. The third-order valence-electron chi connectivity index (χ3n) is 4.76. The van der Waals surface area contributed by atoms with E-state index in [0.717, 1.165) is 5.56 Å². The Kier molecular flexibility index (Phi) is 5.21. The van der Waals surface area contributed by atoms with E-state index in [4.69, 9.17) is 9.47 Å². The molecular weight excluding hydrogens is 406 g/mol. The van der Waals surface area contributed by atoms with E-state index in [9.17, 15) is 13.2 Å². The number of anilines is 2. The molecule has 2 aliphatic rings. The second kappa shape index (κ2) is 7.83. The van der Waals surface area contributed by atoms with Crippen molar-refractivity contribution >= 4 is 33.2 Å². The van der Waals surface area contributed by atoms with Crippen LogP contribution < -0.4 is 15.4 Å². The highest BCUT2D eigenvalue weighted by molar-refractivity contribution is 7.90. The van der Waals surface area contributed by atoms with E-state index in [-0.39, 0.29) is 22.9 Å². The van der Waals surface area contributed by atoms with Gasteiger partial charge >= 0.3 is 5.97 Å². The molecule has 156 valence electrons. The maximum absolute atomic E-state index is 13.1. The van der Waals surface area contributed by atoms with Crippen molar-refractivity contribution in [2.24, 2.45) is 4.40 Å².